The first-order valence-corrected chi connectivity index (χ1v) is 20.2. The molecule has 0 radical (unpaired) electrons. The summed E-state index contributed by atoms with van der Waals surface area (Å²) < 4.78 is 49.7. The van der Waals surface area contributed by atoms with E-state index in [1.165, 1.54) is 50.2 Å². The van der Waals surface area contributed by atoms with E-state index in [0.717, 1.165) is 13.3 Å². The molecule has 10 atom stereocenters. The van der Waals surface area contributed by atoms with Crippen LogP contribution in [0.3, 0.4) is 0 Å². The average molecular weight is 803 g/mol. The molecule has 24 heteroatoms. The number of fused-ring (bicyclic) bond motifs is 1. The second kappa shape index (κ2) is 21.7. The van der Waals surface area contributed by atoms with Crippen molar-refractivity contribution in [1.82, 2.24) is 34.6 Å². The number of aromatic nitrogens is 4. The molecule has 0 aromatic carbocycles. The topological polar surface area (TPSA) is 307 Å². The van der Waals surface area contributed by atoms with Gasteiger partial charge in [0.15, 0.2) is 24.0 Å². The predicted octanol–water partition coefficient (Wildman–Crippen LogP) is -0.443. The molecular formula is C29H56N8O14P2. The first-order valence-electron chi connectivity index (χ1n) is 17.2. The van der Waals surface area contributed by atoms with Crippen LogP contribution in [0.25, 0.3) is 11.2 Å². The van der Waals surface area contributed by atoms with Crippen molar-refractivity contribution in [3.63, 3.8) is 0 Å². The summed E-state index contributed by atoms with van der Waals surface area (Å²) >= 11 is 0. The van der Waals surface area contributed by atoms with Crippen molar-refractivity contribution < 1.29 is 67.0 Å². The van der Waals surface area contributed by atoms with Crippen molar-refractivity contribution in [2.75, 3.05) is 58.2 Å². The summed E-state index contributed by atoms with van der Waals surface area (Å²) in [5, 5.41) is 42.5. The smallest absolute Gasteiger partial charge is 0.387 e. The van der Waals surface area contributed by atoms with Crippen LogP contribution in [0.2, 0.25) is 0 Å². The highest BCUT2D eigenvalue weighted by Gasteiger charge is 2.47. The molecule has 4 heterocycles. The molecule has 22 nitrogen and oxygen atoms in total. The molecule has 2 aromatic heterocycles. The number of carbonyl (C=O) groups excluding carboxylic acids is 1. The lowest BCUT2D eigenvalue weighted by molar-refractivity contribution is -0.132. The minimum absolute atomic E-state index is 0.0539. The number of ether oxygens (including phenoxy) is 2. The quantitative estimate of drug-likeness (QED) is 0.0998. The van der Waals surface area contributed by atoms with Crippen molar-refractivity contribution >= 4 is 38.5 Å². The third-order valence-corrected chi connectivity index (χ3v) is 11.0. The van der Waals surface area contributed by atoms with Crippen LogP contribution in [0.4, 0.5) is 5.82 Å². The molecule has 4 rings (SSSR count). The van der Waals surface area contributed by atoms with Gasteiger partial charge in [-0.25, -0.2) is 24.1 Å². The van der Waals surface area contributed by atoms with Crippen LogP contribution in [-0.4, -0.2) is 161 Å². The first kappa shape index (κ1) is 46.9. The van der Waals surface area contributed by atoms with Gasteiger partial charge in [0.2, 0.25) is 5.91 Å². The summed E-state index contributed by atoms with van der Waals surface area (Å²) in [6.45, 7) is 19.6. The van der Waals surface area contributed by atoms with E-state index in [0.29, 0.717) is 0 Å². The Morgan fingerprint density at radius 3 is 1.81 bits per heavy atom. The van der Waals surface area contributed by atoms with Crippen molar-refractivity contribution in [2.24, 2.45) is 0 Å². The van der Waals surface area contributed by atoms with Gasteiger partial charge in [0.25, 0.3) is 0 Å². The van der Waals surface area contributed by atoms with Gasteiger partial charge in [0.05, 0.1) is 25.6 Å². The minimum Gasteiger partial charge on any atom is -0.387 e. The normalized spacial score (nSPS) is 27.8. The number of hydrogen-bond acceptors (Lipinski definition) is 18. The van der Waals surface area contributed by atoms with Gasteiger partial charge in [0.1, 0.15) is 42.4 Å². The van der Waals surface area contributed by atoms with Crippen LogP contribution in [0.15, 0.2) is 12.7 Å². The van der Waals surface area contributed by atoms with Gasteiger partial charge < -0.3 is 60.5 Å². The number of rotatable bonds is 16. The fraction of sp³-hybridized carbons (Fsp3) is 0.793. The Balaban J connectivity index is 0.000000587. The van der Waals surface area contributed by atoms with Gasteiger partial charge in [-0.3, -0.25) is 18.4 Å². The van der Waals surface area contributed by atoms with E-state index in [4.69, 9.17) is 15.2 Å². The summed E-state index contributed by atoms with van der Waals surface area (Å²) in [6.07, 6.45) is -8.21. The van der Waals surface area contributed by atoms with E-state index < -0.39 is 83.8 Å². The Labute approximate surface area is 308 Å². The summed E-state index contributed by atoms with van der Waals surface area (Å²) in [4.78, 5) is 47.6. The van der Waals surface area contributed by atoms with Crippen LogP contribution in [0.1, 0.15) is 54.7 Å². The molecule has 2 aliphatic heterocycles. The number of amides is 1. The van der Waals surface area contributed by atoms with E-state index in [2.05, 4.69) is 85.0 Å². The van der Waals surface area contributed by atoms with Crippen molar-refractivity contribution in [3.05, 3.63) is 12.7 Å². The largest absolute Gasteiger partial charge is 0.481 e. The van der Waals surface area contributed by atoms with Crippen molar-refractivity contribution in [2.45, 2.75) is 97.5 Å². The number of aliphatic hydroxyl groups excluding tert-OH is 4. The van der Waals surface area contributed by atoms with Crippen LogP contribution in [0.5, 0.6) is 0 Å². The summed E-state index contributed by atoms with van der Waals surface area (Å²) in [5.74, 6) is -0.557. The monoisotopic (exact) mass is 802 g/mol. The molecule has 0 spiro atoms. The van der Waals surface area contributed by atoms with E-state index in [-0.39, 0.29) is 17.0 Å². The van der Waals surface area contributed by atoms with Gasteiger partial charge in [-0.05, 0) is 39.3 Å². The van der Waals surface area contributed by atoms with Crippen molar-refractivity contribution in [3.8, 4) is 0 Å². The number of nitrogen functional groups attached to an aromatic ring is 1. The standard InChI is InChI=1S/C17H26N6O14P2.2C6H15N/c1-6(24)22-9-7(36-17(28)12(9)26)2-33-38(29,30)37-39(31,32)34-3-8-11(25)13(27)16(35-8)23-5-21-10-14(18)19-4-20-15(10)23;2*1-4-7(5-2)6-3/h4-5,7-9,11-13,16-17,25-28H,2-3H2,1H3,(H,22,24)(H,29,30)(H,31,32)(H2,18,19,20);2*4-6H2,1-3H3/t7-,8-,9-,11-,12-,13-,16-,17-;;/m1../s1. The number of carbonyl (C=O) groups is 1. The SMILES string of the molecule is CC(=O)N[C@H]1[C@@H](O)[C@H](O)O[C@@H]1COP(=O)(O)OP(=O)(O)OC[C@H]1O[C@@H](n2cnc3c(N)ncnc32)[C@H](O)[C@@H]1O.CCN(CC)CC.CCN(CC)CC. The molecule has 2 fully saturated rings. The highest BCUT2D eigenvalue weighted by Crippen LogP contribution is 2.60. The third kappa shape index (κ3) is 13.8. The number of imidazole rings is 1. The molecular weight excluding hydrogens is 746 g/mol. The molecule has 0 saturated carbocycles. The van der Waals surface area contributed by atoms with Crippen LogP contribution < -0.4 is 11.1 Å². The maximum atomic E-state index is 12.3. The Morgan fingerprint density at radius 1 is 0.830 bits per heavy atom. The number of hydrogen-bond donors (Lipinski definition) is 8. The Hall–Kier alpha value is -2.24. The minimum atomic E-state index is -5.34. The first-order chi connectivity index (χ1) is 24.9. The fourth-order valence-corrected chi connectivity index (χ4v) is 7.40. The number of aliphatic hydroxyl groups is 4. The van der Waals surface area contributed by atoms with Crippen LogP contribution in [0, 0.1) is 0 Å². The van der Waals surface area contributed by atoms with Crippen LogP contribution >= 0.6 is 15.6 Å². The lowest BCUT2D eigenvalue weighted by atomic mass is 10.1. The average Bonchev–Trinajstić information content (AvgIpc) is 3.74. The second-order valence-corrected chi connectivity index (χ2v) is 14.8. The number of anilines is 1. The zero-order valence-corrected chi connectivity index (χ0v) is 32.8. The lowest BCUT2D eigenvalue weighted by Gasteiger charge is -2.22. The third-order valence-electron chi connectivity index (χ3n) is 8.44. The number of nitrogens with one attached hydrogen (secondary N) is 1. The molecule has 9 N–H and O–H groups in total. The predicted molar refractivity (Wildman–Crippen MR) is 190 cm³/mol. The molecule has 306 valence electrons. The van der Waals surface area contributed by atoms with Gasteiger partial charge >= 0.3 is 15.6 Å². The van der Waals surface area contributed by atoms with Gasteiger partial charge in [-0.1, -0.05) is 41.5 Å². The number of phosphoric ester groups is 2. The fourth-order valence-electron chi connectivity index (χ4n) is 5.30. The van der Waals surface area contributed by atoms with E-state index in [1.54, 1.807) is 0 Å². The highest BCUT2D eigenvalue weighted by atomic mass is 31.3. The van der Waals surface area contributed by atoms with Gasteiger partial charge in [-0.15, -0.1) is 0 Å². The van der Waals surface area contributed by atoms with E-state index >= 15 is 0 Å². The molecule has 2 aliphatic rings. The maximum Gasteiger partial charge on any atom is 0.481 e. The van der Waals surface area contributed by atoms with Crippen LogP contribution in [-0.2, 0) is 36.8 Å². The summed E-state index contributed by atoms with van der Waals surface area (Å²) in [6, 6.07) is -1.23. The highest BCUT2D eigenvalue weighted by molar-refractivity contribution is 7.61. The van der Waals surface area contributed by atoms with Gasteiger partial charge in [0, 0.05) is 6.92 Å². The zero-order valence-electron chi connectivity index (χ0n) is 31.0. The molecule has 2 aromatic rings. The van der Waals surface area contributed by atoms with Crippen molar-refractivity contribution in [1.29, 1.82) is 0 Å². The number of nitrogens with zero attached hydrogens (tertiary/aromatic N) is 6. The summed E-state index contributed by atoms with van der Waals surface area (Å²) in [7, 11) is -10.7. The maximum absolute atomic E-state index is 12.3. The van der Waals surface area contributed by atoms with Gasteiger partial charge in [-0.2, -0.15) is 4.31 Å². The van der Waals surface area contributed by atoms with E-state index in [1.807, 2.05) is 0 Å². The molecule has 2 unspecified atom stereocenters. The molecule has 0 bridgehead atoms. The Kier molecular flexibility index (Phi) is 19.2. The lowest BCUT2D eigenvalue weighted by Crippen LogP contribution is -2.48. The molecule has 1 amide bonds. The molecule has 0 aliphatic carbocycles. The number of nitrogens with two attached hydrogens (primary N) is 1. The summed E-state index contributed by atoms with van der Waals surface area (Å²) in [5.41, 5.74) is 6.09. The second-order valence-electron chi connectivity index (χ2n) is 11.8. The van der Waals surface area contributed by atoms with E-state index in [9.17, 15) is 44.1 Å². The number of phosphoric acid groups is 2. The zero-order chi connectivity index (χ0) is 40.1. The Morgan fingerprint density at radius 2 is 1.34 bits per heavy atom. The Bertz CT molecular complexity index is 1480. The molecule has 2 saturated heterocycles. The molecule has 53 heavy (non-hydrogen) atoms.